The van der Waals surface area contributed by atoms with E-state index in [1.165, 1.54) is 19.2 Å². The van der Waals surface area contributed by atoms with Crippen molar-refractivity contribution in [3.8, 4) is 17.4 Å². The Morgan fingerprint density at radius 1 is 0.944 bits per heavy atom. The van der Waals surface area contributed by atoms with Crippen molar-refractivity contribution in [2.45, 2.75) is 13.1 Å². The summed E-state index contributed by atoms with van der Waals surface area (Å²) in [6, 6.07) is 8.11. The minimum absolute atomic E-state index is 0.0517. The molecule has 2 heterocycles. The summed E-state index contributed by atoms with van der Waals surface area (Å²) in [5.41, 5.74) is 2.09. The largest absolute Gasteiger partial charge is 0.495 e. The zero-order valence-corrected chi connectivity index (χ0v) is 19.9. The molecular weight excluding hydrogens is 481 g/mol. The molecule has 1 N–H and O–H groups in total. The minimum Gasteiger partial charge on any atom is -0.495 e. The summed E-state index contributed by atoms with van der Waals surface area (Å²) in [5.74, 6) is -2.25. The number of alkyl halides is 3. The summed E-state index contributed by atoms with van der Waals surface area (Å²) in [5, 5.41) is 3.58. The van der Waals surface area contributed by atoms with Crippen molar-refractivity contribution < 1.29 is 32.2 Å². The third-order valence-electron chi connectivity index (χ3n) is 5.19. The molecular formula is C23H21F3N6O4. The van der Waals surface area contributed by atoms with E-state index >= 15 is 0 Å². The van der Waals surface area contributed by atoms with Gasteiger partial charge in [-0.15, -0.1) is 0 Å². The Labute approximate surface area is 203 Å². The minimum atomic E-state index is -5.21. The van der Waals surface area contributed by atoms with Crippen molar-refractivity contribution in [1.29, 1.82) is 0 Å². The topological polar surface area (TPSA) is 112 Å². The summed E-state index contributed by atoms with van der Waals surface area (Å²) in [7, 11) is 6.65. The molecule has 13 heteroatoms. The van der Waals surface area contributed by atoms with Crippen molar-refractivity contribution in [3.63, 3.8) is 0 Å². The summed E-state index contributed by atoms with van der Waals surface area (Å²) in [6.45, 7) is 1.77. The predicted molar refractivity (Wildman–Crippen MR) is 126 cm³/mol. The van der Waals surface area contributed by atoms with Gasteiger partial charge in [0.05, 0.1) is 36.5 Å². The van der Waals surface area contributed by atoms with Crippen LogP contribution in [0.25, 0.3) is 21.8 Å². The van der Waals surface area contributed by atoms with Gasteiger partial charge < -0.3 is 19.1 Å². The Kier molecular flexibility index (Phi) is 6.39. The molecule has 4 rings (SSSR count). The van der Waals surface area contributed by atoms with Gasteiger partial charge in [0, 0.05) is 19.5 Å². The second-order valence-corrected chi connectivity index (χ2v) is 7.79. The molecule has 188 valence electrons. The molecule has 2 aromatic carbocycles. The Balaban J connectivity index is 1.82. The lowest BCUT2D eigenvalue weighted by Gasteiger charge is -2.18. The van der Waals surface area contributed by atoms with Gasteiger partial charge in [-0.05, 0) is 31.2 Å². The monoisotopic (exact) mass is 502 g/mol. The highest BCUT2D eigenvalue weighted by atomic mass is 19.4. The number of benzene rings is 2. The van der Waals surface area contributed by atoms with Crippen molar-refractivity contribution in [3.05, 3.63) is 36.0 Å². The van der Waals surface area contributed by atoms with Crippen LogP contribution < -0.4 is 24.4 Å². The number of carbonyl (C=O) groups is 1. The van der Waals surface area contributed by atoms with Gasteiger partial charge in [0.15, 0.2) is 0 Å². The van der Waals surface area contributed by atoms with Gasteiger partial charge in [-0.2, -0.15) is 18.2 Å². The standard InChI is InChI=1S/C23H21F3N6O4/c1-11-13-9-17(35-5)15(32(2)3)10-14(13)28-21(27-11)31-22-29-18-12(7-6-8-16(18)34-4)19(30-22)36-20(33)23(24,25)26/h6-10H,1-5H3,(H,27,28,29,30,31). The molecule has 10 nitrogen and oxygen atoms in total. The van der Waals surface area contributed by atoms with Gasteiger partial charge in [-0.1, -0.05) is 6.07 Å². The summed E-state index contributed by atoms with van der Waals surface area (Å²) in [6.07, 6.45) is -5.21. The number of aryl methyl sites for hydroxylation is 1. The SMILES string of the molecule is COc1cc2c(C)nc(Nc3nc(OC(=O)C(F)(F)F)c4cccc(OC)c4n3)nc2cc1N(C)C. The number of ether oxygens (including phenoxy) is 3. The van der Waals surface area contributed by atoms with Crippen LogP contribution in [0, 0.1) is 6.92 Å². The summed E-state index contributed by atoms with van der Waals surface area (Å²) in [4.78, 5) is 30.6. The maximum absolute atomic E-state index is 12.9. The number of esters is 1. The van der Waals surface area contributed by atoms with E-state index in [0.29, 0.717) is 17.0 Å². The smallest absolute Gasteiger partial charge is 0.491 e. The highest BCUT2D eigenvalue weighted by Crippen LogP contribution is 2.34. The Hall–Kier alpha value is -4.42. The van der Waals surface area contributed by atoms with E-state index in [1.54, 1.807) is 20.1 Å². The average Bonchev–Trinajstić information content (AvgIpc) is 2.82. The van der Waals surface area contributed by atoms with Crippen LogP contribution in [0.3, 0.4) is 0 Å². The van der Waals surface area contributed by atoms with E-state index in [-0.39, 0.29) is 28.5 Å². The molecule has 0 aliphatic carbocycles. The van der Waals surface area contributed by atoms with Crippen LogP contribution in [0.4, 0.5) is 30.8 Å². The lowest BCUT2D eigenvalue weighted by atomic mass is 10.1. The van der Waals surface area contributed by atoms with Crippen LogP contribution in [-0.4, -0.2) is 60.4 Å². The number of nitrogens with zero attached hydrogens (tertiary/aromatic N) is 5. The van der Waals surface area contributed by atoms with Crippen LogP contribution in [0.15, 0.2) is 30.3 Å². The van der Waals surface area contributed by atoms with E-state index in [0.717, 1.165) is 11.1 Å². The van der Waals surface area contributed by atoms with Gasteiger partial charge in [0.2, 0.25) is 17.8 Å². The van der Waals surface area contributed by atoms with E-state index in [4.69, 9.17) is 9.47 Å². The van der Waals surface area contributed by atoms with E-state index in [1.807, 2.05) is 31.1 Å². The highest BCUT2D eigenvalue weighted by Gasteiger charge is 2.42. The van der Waals surface area contributed by atoms with Crippen molar-refractivity contribution in [1.82, 2.24) is 19.9 Å². The molecule has 0 saturated heterocycles. The van der Waals surface area contributed by atoms with Crippen LogP contribution in [0.5, 0.6) is 17.4 Å². The molecule has 0 unspecified atom stereocenters. The third kappa shape index (κ3) is 4.72. The Morgan fingerprint density at radius 3 is 2.28 bits per heavy atom. The number of hydrogen-bond donors (Lipinski definition) is 1. The molecule has 0 bridgehead atoms. The first-order chi connectivity index (χ1) is 17.0. The van der Waals surface area contributed by atoms with Gasteiger partial charge in [-0.25, -0.2) is 19.7 Å². The third-order valence-corrected chi connectivity index (χ3v) is 5.19. The normalized spacial score (nSPS) is 11.4. The van der Waals surface area contributed by atoms with E-state index in [2.05, 4.69) is 30.0 Å². The number of rotatable bonds is 6. The number of methoxy groups -OCH3 is 2. The quantitative estimate of drug-likeness (QED) is 0.386. The number of aromatic nitrogens is 4. The molecule has 2 aromatic heterocycles. The zero-order valence-electron chi connectivity index (χ0n) is 19.9. The Bertz CT molecular complexity index is 1480. The van der Waals surface area contributed by atoms with Gasteiger partial charge in [-0.3, -0.25) is 5.32 Å². The number of nitrogens with one attached hydrogen (secondary N) is 1. The Morgan fingerprint density at radius 2 is 1.64 bits per heavy atom. The van der Waals surface area contributed by atoms with Gasteiger partial charge >= 0.3 is 12.1 Å². The fourth-order valence-electron chi connectivity index (χ4n) is 3.51. The number of hydrogen-bond acceptors (Lipinski definition) is 10. The molecule has 0 fully saturated rings. The average molecular weight is 502 g/mol. The van der Waals surface area contributed by atoms with Crippen LogP contribution in [0.2, 0.25) is 0 Å². The molecule has 36 heavy (non-hydrogen) atoms. The first-order valence-electron chi connectivity index (χ1n) is 10.5. The van der Waals surface area contributed by atoms with Gasteiger partial charge in [0.25, 0.3) is 0 Å². The van der Waals surface area contributed by atoms with E-state index in [9.17, 15) is 18.0 Å². The first-order valence-corrected chi connectivity index (χ1v) is 10.5. The van der Waals surface area contributed by atoms with Crippen LogP contribution in [0.1, 0.15) is 5.69 Å². The second kappa shape index (κ2) is 9.32. The maximum atomic E-state index is 12.9. The fourth-order valence-corrected chi connectivity index (χ4v) is 3.51. The van der Waals surface area contributed by atoms with Crippen molar-refractivity contribution >= 4 is 45.4 Å². The first kappa shape index (κ1) is 24.7. The fraction of sp³-hybridized carbons (Fsp3) is 0.261. The van der Waals surface area contributed by atoms with Crippen molar-refractivity contribution in [2.75, 3.05) is 38.5 Å². The lowest BCUT2D eigenvalue weighted by Crippen LogP contribution is -2.28. The molecule has 0 atom stereocenters. The molecule has 4 aromatic rings. The number of carbonyl (C=O) groups excluding carboxylic acids is 1. The molecule has 0 aliphatic heterocycles. The summed E-state index contributed by atoms with van der Waals surface area (Å²) < 4.78 is 53.9. The maximum Gasteiger partial charge on any atom is 0.491 e. The number of para-hydroxylation sites is 1. The molecule has 0 saturated carbocycles. The zero-order chi connectivity index (χ0) is 26.2. The molecule has 0 radical (unpaired) electrons. The molecule has 0 amide bonds. The second-order valence-electron chi connectivity index (χ2n) is 7.79. The molecule has 0 spiro atoms. The van der Waals surface area contributed by atoms with E-state index < -0.39 is 18.0 Å². The number of anilines is 3. The van der Waals surface area contributed by atoms with Crippen LogP contribution in [-0.2, 0) is 4.79 Å². The van der Waals surface area contributed by atoms with Gasteiger partial charge in [0.1, 0.15) is 17.0 Å². The predicted octanol–water partition coefficient (Wildman–Crippen LogP) is 4.18. The number of halogens is 3. The van der Waals surface area contributed by atoms with Crippen LogP contribution >= 0.6 is 0 Å². The van der Waals surface area contributed by atoms with Crippen molar-refractivity contribution in [2.24, 2.45) is 0 Å². The number of fused-ring (bicyclic) bond motifs is 2. The molecule has 0 aliphatic rings. The summed E-state index contributed by atoms with van der Waals surface area (Å²) >= 11 is 0. The lowest BCUT2D eigenvalue weighted by molar-refractivity contribution is -0.189. The highest BCUT2D eigenvalue weighted by molar-refractivity contribution is 5.92.